The molecule has 30 heavy (non-hydrogen) atoms. The van der Waals surface area contributed by atoms with Gasteiger partial charge in [0, 0.05) is 12.6 Å². The SMILES string of the molecule is CCC(C)NC(=O)C(CC)N(Cc1ccccc1)C(=O)COc1cccc(C)c1C. The molecule has 0 heterocycles. The van der Waals surface area contributed by atoms with Gasteiger partial charge in [0.1, 0.15) is 11.8 Å². The van der Waals surface area contributed by atoms with Crippen LogP contribution < -0.4 is 10.1 Å². The van der Waals surface area contributed by atoms with Crippen molar-refractivity contribution in [1.29, 1.82) is 0 Å². The Morgan fingerprint density at radius 3 is 2.33 bits per heavy atom. The minimum absolute atomic E-state index is 0.0615. The van der Waals surface area contributed by atoms with Crippen LogP contribution in [-0.4, -0.2) is 35.4 Å². The summed E-state index contributed by atoms with van der Waals surface area (Å²) < 4.78 is 5.85. The lowest BCUT2D eigenvalue weighted by atomic mass is 10.1. The molecule has 0 aliphatic carbocycles. The van der Waals surface area contributed by atoms with Gasteiger partial charge >= 0.3 is 0 Å². The first-order chi connectivity index (χ1) is 14.4. The number of nitrogens with one attached hydrogen (secondary N) is 1. The molecule has 2 atom stereocenters. The van der Waals surface area contributed by atoms with Crippen LogP contribution in [0.5, 0.6) is 5.75 Å². The van der Waals surface area contributed by atoms with Gasteiger partial charge in [0.15, 0.2) is 6.61 Å². The molecule has 0 aromatic heterocycles. The molecule has 1 N–H and O–H groups in total. The Bertz CT molecular complexity index is 836. The van der Waals surface area contributed by atoms with Crippen LogP contribution in [0.15, 0.2) is 48.5 Å². The predicted molar refractivity (Wildman–Crippen MR) is 120 cm³/mol. The fourth-order valence-electron chi connectivity index (χ4n) is 3.24. The van der Waals surface area contributed by atoms with E-state index in [2.05, 4.69) is 5.32 Å². The molecule has 0 aliphatic heterocycles. The van der Waals surface area contributed by atoms with Gasteiger partial charge in [-0.25, -0.2) is 0 Å². The van der Waals surface area contributed by atoms with Crippen LogP contribution in [0, 0.1) is 13.8 Å². The smallest absolute Gasteiger partial charge is 0.261 e. The van der Waals surface area contributed by atoms with E-state index in [-0.39, 0.29) is 24.5 Å². The molecule has 2 aromatic rings. The maximum atomic E-state index is 13.2. The molecule has 162 valence electrons. The van der Waals surface area contributed by atoms with Gasteiger partial charge in [-0.1, -0.05) is 56.3 Å². The molecule has 0 radical (unpaired) electrons. The number of benzene rings is 2. The number of amides is 2. The highest BCUT2D eigenvalue weighted by Gasteiger charge is 2.29. The normalized spacial score (nSPS) is 12.7. The summed E-state index contributed by atoms with van der Waals surface area (Å²) in [5, 5.41) is 3.02. The zero-order chi connectivity index (χ0) is 22.1. The van der Waals surface area contributed by atoms with Crippen molar-refractivity contribution < 1.29 is 14.3 Å². The zero-order valence-electron chi connectivity index (χ0n) is 18.8. The molecule has 0 spiro atoms. The van der Waals surface area contributed by atoms with Crippen molar-refractivity contribution in [3.05, 3.63) is 65.2 Å². The number of ether oxygens (including phenoxy) is 1. The van der Waals surface area contributed by atoms with Gasteiger partial charge in [-0.3, -0.25) is 9.59 Å². The van der Waals surface area contributed by atoms with E-state index in [1.54, 1.807) is 4.90 Å². The molecule has 0 bridgehead atoms. The Morgan fingerprint density at radius 2 is 1.70 bits per heavy atom. The van der Waals surface area contributed by atoms with E-state index in [1.165, 1.54) is 0 Å². The highest BCUT2D eigenvalue weighted by Crippen LogP contribution is 2.21. The van der Waals surface area contributed by atoms with Crippen molar-refractivity contribution in [2.45, 2.75) is 66.1 Å². The van der Waals surface area contributed by atoms with Crippen LogP contribution in [0.1, 0.15) is 50.3 Å². The Hall–Kier alpha value is -2.82. The number of hydrogen-bond donors (Lipinski definition) is 1. The highest BCUT2D eigenvalue weighted by atomic mass is 16.5. The molecule has 5 nitrogen and oxygen atoms in total. The number of nitrogens with zero attached hydrogens (tertiary/aromatic N) is 1. The monoisotopic (exact) mass is 410 g/mol. The Balaban J connectivity index is 2.21. The minimum atomic E-state index is -0.547. The third kappa shape index (κ3) is 6.34. The second kappa shape index (κ2) is 11.4. The van der Waals surface area contributed by atoms with Crippen molar-refractivity contribution in [2.75, 3.05) is 6.61 Å². The van der Waals surface area contributed by atoms with E-state index in [4.69, 9.17) is 4.74 Å². The lowest BCUT2D eigenvalue weighted by molar-refractivity contribution is -0.143. The van der Waals surface area contributed by atoms with Gasteiger partial charge < -0.3 is 15.0 Å². The number of carbonyl (C=O) groups is 2. The summed E-state index contributed by atoms with van der Waals surface area (Å²) in [6.45, 7) is 10.2. The molecule has 0 saturated heterocycles. The second-order valence-electron chi connectivity index (χ2n) is 7.74. The topological polar surface area (TPSA) is 58.6 Å². The Morgan fingerprint density at radius 1 is 1.00 bits per heavy atom. The fourth-order valence-corrected chi connectivity index (χ4v) is 3.24. The summed E-state index contributed by atoms with van der Waals surface area (Å²) in [6, 6.07) is 15.0. The van der Waals surface area contributed by atoms with Crippen molar-refractivity contribution in [1.82, 2.24) is 10.2 Å². The van der Waals surface area contributed by atoms with Gasteiger partial charge in [0.05, 0.1) is 0 Å². The predicted octanol–water partition coefficient (Wildman–Crippen LogP) is 4.40. The maximum Gasteiger partial charge on any atom is 0.261 e. The van der Waals surface area contributed by atoms with Gasteiger partial charge in [0.2, 0.25) is 5.91 Å². The van der Waals surface area contributed by atoms with Crippen molar-refractivity contribution in [3.63, 3.8) is 0 Å². The molecule has 2 amide bonds. The van der Waals surface area contributed by atoms with Crippen molar-refractivity contribution >= 4 is 11.8 Å². The zero-order valence-corrected chi connectivity index (χ0v) is 18.8. The van der Waals surface area contributed by atoms with Gasteiger partial charge in [-0.2, -0.15) is 0 Å². The first-order valence-electron chi connectivity index (χ1n) is 10.7. The van der Waals surface area contributed by atoms with E-state index in [0.29, 0.717) is 18.7 Å². The molecule has 2 rings (SSSR count). The van der Waals surface area contributed by atoms with Crippen LogP contribution in [0.2, 0.25) is 0 Å². The third-order valence-electron chi connectivity index (χ3n) is 5.49. The molecular weight excluding hydrogens is 376 g/mol. The summed E-state index contributed by atoms with van der Waals surface area (Å²) in [5.74, 6) is 0.369. The van der Waals surface area contributed by atoms with Crippen molar-refractivity contribution in [2.24, 2.45) is 0 Å². The average molecular weight is 411 g/mol. The maximum absolute atomic E-state index is 13.2. The first-order valence-corrected chi connectivity index (χ1v) is 10.7. The Labute approximate surface area is 180 Å². The van der Waals surface area contributed by atoms with Gasteiger partial charge in [-0.05, 0) is 56.4 Å². The van der Waals surface area contributed by atoms with Gasteiger partial charge in [-0.15, -0.1) is 0 Å². The summed E-state index contributed by atoms with van der Waals surface area (Å²) in [6.07, 6.45) is 1.37. The van der Waals surface area contributed by atoms with Crippen LogP contribution in [0.25, 0.3) is 0 Å². The summed E-state index contributed by atoms with van der Waals surface area (Å²) in [7, 11) is 0. The molecule has 0 aliphatic rings. The van der Waals surface area contributed by atoms with Crippen LogP contribution >= 0.6 is 0 Å². The Kier molecular flexibility index (Phi) is 8.90. The number of rotatable bonds is 10. The second-order valence-corrected chi connectivity index (χ2v) is 7.74. The minimum Gasteiger partial charge on any atom is -0.483 e. The van der Waals surface area contributed by atoms with E-state index in [0.717, 1.165) is 23.1 Å². The molecular formula is C25H34N2O3. The standard InChI is InChI=1S/C25H34N2O3/c1-6-19(4)26-25(29)22(7-2)27(16-21-13-9-8-10-14-21)24(28)17-30-23-15-11-12-18(3)20(23)5/h8-15,19,22H,6-7,16-17H2,1-5H3,(H,26,29). The number of aryl methyl sites for hydroxylation is 1. The first kappa shape index (κ1) is 23.5. The number of carbonyl (C=O) groups excluding carboxylic acids is 2. The average Bonchev–Trinajstić information content (AvgIpc) is 2.75. The van der Waals surface area contributed by atoms with Crippen LogP contribution in [0.4, 0.5) is 0 Å². The highest BCUT2D eigenvalue weighted by molar-refractivity contribution is 5.88. The summed E-state index contributed by atoms with van der Waals surface area (Å²) in [5.41, 5.74) is 3.11. The molecule has 5 heteroatoms. The lowest BCUT2D eigenvalue weighted by Gasteiger charge is -2.31. The molecule has 0 saturated carbocycles. The summed E-state index contributed by atoms with van der Waals surface area (Å²) >= 11 is 0. The van der Waals surface area contributed by atoms with E-state index >= 15 is 0 Å². The number of hydrogen-bond acceptors (Lipinski definition) is 3. The van der Waals surface area contributed by atoms with E-state index in [9.17, 15) is 9.59 Å². The quantitative estimate of drug-likeness (QED) is 0.631. The van der Waals surface area contributed by atoms with E-state index in [1.807, 2.05) is 83.1 Å². The van der Waals surface area contributed by atoms with Crippen LogP contribution in [-0.2, 0) is 16.1 Å². The fraction of sp³-hybridized carbons (Fsp3) is 0.440. The largest absolute Gasteiger partial charge is 0.483 e. The van der Waals surface area contributed by atoms with E-state index < -0.39 is 6.04 Å². The molecule has 2 unspecified atom stereocenters. The molecule has 0 fully saturated rings. The lowest BCUT2D eigenvalue weighted by Crippen LogP contribution is -2.51. The van der Waals surface area contributed by atoms with Crippen molar-refractivity contribution in [3.8, 4) is 5.75 Å². The summed E-state index contributed by atoms with van der Waals surface area (Å²) in [4.78, 5) is 27.7. The third-order valence-corrected chi connectivity index (χ3v) is 5.49. The van der Waals surface area contributed by atoms with Gasteiger partial charge in [0.25, 0.3) is 5.91 Å². The van der Waals surface area contributed by atoms with Crippen LogP contribution in [0.3, 0.4) is 0 Å². The molecule has 2 aromatic carbocycles.